The van der Waals surface area contributed by atoms with Crippen LogP contribution in [0.5, 0.6) is 0 Å². The summed E-state index contributed by atoms with van der Waals surface area (Å²) in [4.78, 5) is 19.2. The molecular weight excluding hydrogens is 456 g/mol. The third kappa shape index (κ3) is 6.83. The number of hydrogen-bond acceptors (Lipinski definition) is 6. The Bertz CT molecular complexity index is 972. The van der Waals surface area contributed by atoms with Crippen molar-refractivity contribution < 1.29 is 18.3 Å². The number of likely N-dealkylation sites (tertiary alicyclic amines) is 1. The third-order valence-electron chi connectivity index (χ3n) is 6.60. The van der Waals surface area contributed by atoms with Gasteiger partial charge in [-0.05, 0) is 62.0 Å². The Kier molecular flexibility index (Phi) is 9.15. The number of amides is 1. The van der Waals surface area contributed by atoms with Gasteiger partial charge in [0.25, 0.3) is 0 Å². The van der Waals surface area contributed by atoms with Crippen LogP contribution in [0.2, 0.25) is 0 Å². The number of nitrogens with one attached hydrogen (secondary N) is 2. The highest BCUT2D eigenvalue weighted by molar-refractivity contribution is 7.89. The Balaban J connectivity index is 1.77. The molecule has 34 heavy (non-hydrogen) atoms. The molecule has 2 unspecified atom stereocenters. The molecule has 2 atom stereocenters. The maximum atomic E-state index is 13.4. The molecule has 0 aliphatic carbocycles. The number of sulfonamides is 1. The van der Waals surface area contributed by atoms with Crippen molar-refractivity contribution in [3.8, 4) is 0 Å². The topological polar surface area (TPSA) is 163 Å². The van der Waals surface area contributed by atoms with Gasteiger partial charge in [0.15, 0.2) is 5.96 Å². The number of carbonyl (C=O) groups excluding carboxylic acids is 1. The van der Waals surface area contributed by atoms with Crippen LogP contribution in [0.25, 0.3) is 0 Å². The first-order valence-electron chi connectivity index (χ1n) is 12.0. The minimum absolute atomic E-state index is 0.0365. The Morgan fingerprint density at radius 3 is 2.74 bits per heavy atom. The molecule has 0 saturated carbocycles. The minimum atomic E-state index is -3.95. The second kappa shape index (κ2) is 11.9. The van der Waals surface area contributed by atoms with E-state index in [2.05, 4.69) is 22.0 Å². The first-order chi connectivity index (χ1) is 16.2. The van der Waals surface area contributed by atoms with Crippen molar-refractivity contribution in [2.45, 2.75) is 56.4 Å². The summed E-state index contributed by atoms with van der Waals surface area (Å²) in [5.41, 5.74) is 12.4. The van der Waals surface area contributed by atoms with Crippen molar-refractivity contribution in [3.63, 3.8) is 0 Å². The summed E-state index contributed by atoms with van der Waals surface area (Å²) in [5.74, 6) is 0.528. The van der Waals surface area contributed by atoms with Crippen molar-refractivity contribution in [1.82, 2.24) is 9.62 Å². The van der Waals surface area contributed by atoms with Gasteiger partial charge in [-0.1, -0.05) is 19.1 Å². The van der Waals surface area contributed by atoms with Gasteiger partial charge in [0.05, 0.1) is 5.69 Å². The molecule has 2 aliphatic heterocycles. The molecule has 1 fully saturated rings. The van der Waals surface area contributed by atoms with E-state index in [0.717, 1.165) is 31.2 Å². The molecule has 1 saturated heterocycles. The molecule has 3 rings (SSSR count). The Hall–Kier alpha value is -2.37. The van der Waals surface area contributed by atoms with Crippen LogP contribution >= 0.6 is 0 Å². The summed E-state index contributed by atoms with van der Waals surface area (Å²) >= 11 is 0. The van der Waals surface area contributed by atoms with E-state index in [0.29, 0.717) is 50.1 Å². The van der Waals surface area contributed by atoms with Crippen molar-refractivity contribution >= 4 is 27.6 Å². The van der Waals surface area contributed by atoms with Crippen LogP contribution < -0.4 is 21.5 Å². The van der Waals surface area contributed by atoms with Crippen molar-refractivity contribution in [2.75, 3.05) is 38.1 Å². The van der Waals surface area contributed by atoms with Gasteiger partial charge in [-0.3, -0.25) is 9.79 Å². The predicted octanol–water partition coefficient (Wildman–Crippen LogP) is 0.612. The van der Waals surface area contributed by atoms with Crippen LogP contribution in [0.15, 0.2) is 28.1 Å². The van der Waals surface area contributed by atoms with E-state index in [1.165, 1.54) is 0 Å². The number of guanidine groups is 1. The monoisotopic (exact) mass is 494 g/mol. The maximum absolute atomic E-state index is 13.4. The zero-order chi connectivity index (χ0) is 24.7. The van der Waals surface area contributed by atoms with Gasteiger partial charge in [-0.2, -0.15) is 4.72 Å². The van der Waals surface area contributed by atoms with Gasteiger partial charge in [0.2, 0.25) is 15.9 Å². The molecule has 2 aliphatic rings. The molecule has 0 bridgehead atoms. The van der Waals surface area contributed by atoms with Crippen LogP contribution in [0.1, 0.15) is 44.6 Å². The predicted molar refractivity (Wildman–Crippen MR) is 133 cm³/mol. The van der Waals surface area contributed by atoms with Gasteiger partial charge in [0.1, 0.15) is 10.9 Å². The molecule has 7 N–H and O–H groups in total. The Labute approximate surface area is 202 Å². The first-order valence-corrected chi connectivity index (χ1v) is 13.5. The normalized spacial score (nSPS) is 19.7. The molecule has 10 nitrogen and oxygen atoms in total. The van der Waals surface area contributed by atoms with Crippen molar-refractivity contribution in [3.05, 3.63) is 23.8 Å². The number of para-hydroxylation sites is 1. The van der Waals surface area contributed by atoms with E-state index in [9.17, 15) is 18.3 Å². The summed E-state index contributed by atoms with van der Waals surface area (Å²) in [6.07, 6.45) is 3.87. The van der Waals surface area contributed by atoms with Crippen LogP contribution in [0.4, 0.5) is 5.69 Å². The second-order valence-corrected chi connectivity index (χ2v) is 11.1. The highest BCUT2D eigenvalue weighted by atomic mass is 32.2. The lowest BCUT2D eigenvalue weighted by Gasteiger charge is -2.34. The minimum Gasteiger partial charge on any atom is -0.396 e. The summed E-state index contributed by atoms with van der Waals surface area (Å²) in [6.45, 7) is 4.37. The number of piperidine rings is 1. The second-order valence-electron chi connectivity index (χ2n) is 9.38. The number of nitrogens with zero attached hydrogens (tertiary/aromatic N) is 2. The number of rotatable bonds is 10. The van der Waals surface area contributed by atoms with Crippen LogP contribution in [-0.4, -0.2) is 69.1 Å². The third-order valence-corrected chi connectivity index (χ3v) is 8.12. The number of aliphatic hydroxyl groups excluding tert-OH is 1. The molecule has 1 aromatic carbocycles. The summed E-state index contributed by atoms with van der Waals surface area (Å²) in [5, 5.41) is 12.4. The molecule has 0 radical (unpaired) electrons. The molecule has 1 aromatic rings. The summed E-state index contributed by atoms with van der Waals surface area (Å²) in [7, 11) is -3.95. The maximum Gasteiger partial charge on any atom is 0.243 e. The van der Waals surface area contributed by atoms with Gasteiger partial charge in [-0.25, -0.2) is 8.42 Å². The molecule has 0 spiro atoms. The van der Waals surface area contributed by atoms with E-state index in [-0.39, 0.29) is 29.8 Å². The number of carbonyl (C=O) groups is 1. The Morgan fingerprint density at radius 2 is 2.06 bits per heavy atom. The Morgan fingerprint density at radius 1 is 1.32 bits per heavy atom. The van der Waals surface area contributed by atoms with Crippen molar-refractivity contribution in [1.29, 1.82) is 0 Å². The van der Waals surface area contributed by atoms with E-state index in [1.54, 1.807) is 17.0 Å². The fourth-order valence-electron chi connectivity index (χ4n) is 4.73. The van der Waals surface area contributed by atoms with Crippen LogP contribution in [-0.2, 0) is 21.2 Å². The fourth-order valence-corrected chi connectivity index (χ4v) is 6.18. The quantitative estimate of drug-likeness (QED) is 0.181. The SMILES string of the molecule is CC1CNc2c(cccc2S(=O)(=O)NC(CCCN=C(N)N)C(=O)N2CCC(CCO)CC2)C1. The molecular formula is C23H38N6O4S. The largest absolute Gasteiger partial charge is 0.396 e. The number of benzene rings is 1. The highest BCUT2D eigenvalue weighted by Gasteiger charge is 2.33. The molecule has 2 heterocycles. The number of anilines is 1. The zero-order valence-corrected chi connectivity index (χ0v) is 20.7. The standard InChI is InChI=1S/C23H38N6O4S/c1-16-14-18-4-2-6-20(21(18)27-15-16)34(32,33)28-19(5-3-10-26-23(24)25)22(31)29-11-7-17(8-12-29)9-13-30/h2,4,6,16-17,19,27-28,30H,3,5,7-15H2,1H3,(H4,24,25,26). The van der Waals surface area contributed by atoms with E-state index >= 15 is 0 Å². The number of fused-ring (bicyclic) bond motifs is 1. The van der Waals surface area contributed by atoms with Crippen molar-refractivity contribution in [2.24, 2.45) is 28.3 Å². The summed E-state index contributed by atoms with van der Waals surface area (Å²) in [6, 6.07) is 4.35. The smallest absolute Gasteiger partial charge is 0.243 e. The number of aliphatic imine (C=N–C) groups is 1. The molecule has 1 amide bonds. The van der Waals surface area contributed by atoms with Gasteiger partial charge in [0, 0.05) is 32.8 Å². The lowest BCUT2D eigenvalue weighted by Crippen LogP contribution is -2.50. The number of aliphatic hydroxyl groups is 1. The fraction of sp³-hybridized carbons (Fsp3) is 0.652. The van der Waals surface area contributed by atoms with Crippen LogP contribution in [0.3, 0.4) is 0 Å². The molecule has 0 aromatic heterocycles. The van der Waals surface area contributed by atoms with E-state index in [1.807, 2.05) is 6.07 Å². The zero-order valence-electron chi connectivity index (χ0n) is 19.9. The average molecular weight is 495 g/mol. The highest BCUT2D eigenvalue weighted by Crippen LogP contribution is 2.31. The van der Waals surface area contributed by atoms with E-state index < -0.39 is 16.1 Å². The molecule has 11 heteroatoms. The van der Waals surface area contributed by atoms with Gasteiger partial charge < -0.3 is 26.8 Å². The lowest BCUT2D eigenvalue weighted by atomic mass is 9.93. The number of nitrogens with two attached hydrogens (primary N) is 2. The van der Waals surface area contributed by atoms with Gasteiger partial charge in [-0.15, -0.1) is 0 Å². The first kappa shape index (κ1) is 26.2. The number of hydrogen-bond donors (Lipinski definition) is 5. The average Bonchev–Trinajstić information content (AvgIpc) is 2.80. The molecule has 190 valence electrons. The summed E-state index contributed by atoms with van der Waals surface area (Å²) < 4.78 is 29.6. The van der Waals surface area contributed by atoms with E-state index in [4.69, 9.17) is 11.5 Å². The van der Waals surface area contributed by atoms with Crippen LogP contribution in [0, 0.1) is 11.8 Å². The van der Waals surface area contributed by atoms with Gasteiger partial charge >= 0.3 is 0 Å². The lowest BCUT2D eigenvalue weighted by molar-refractivity contribution is -0.134.